The number of hydrogen-bond acceptors (Lipinski definition) is 4. The van der Waals surface area contributed by atoms with Crippen LogP contribution in [0.1, 0.15) is 27.2 Å². The van der Waals surface area contributed by atoms with Crippen LogP contribution >= 0.6 is 0 Å². The summed E-state index contributed by atoms with van der Waals surface area (Å²) in [5, 5.41) is 8.95. The van der Waals surface area contributed by atoms with Crippen LogP contribution in [0.3, 0.4) is 0 Å². The van der Waals surface area contributed by atoms with Crippen molar-refractivity contribution in [1.82, 2.24) is 9.80 Å². The second-order valence-electron chi connectivity index (χ2n) is 6.43. The Morgan fingerprint density at radius 2 is 2.10 bits per heavy atom. The average Bonchev–Trinajstić information content (AvgIpc) is 2.78. The van der Waals surface area contributed by atoms with Gasteiger partial charge < -0.3 is 9.84 Å². The number of carbonyl (C=O) groups is 1. The van der Waals surface area contributed by atoms with E-state index in [0.29, 0.717) is 13.0 Å². The third kappa shape index (κ3) is 2.88. The zero-order chi connectivity index (χ0) is 15.1. The van der Waals surface area contributed by atoms with Crippen molar-refractivity contribution in [2.75, 3.05) is 26.2 Å². The lowest BCUT2D eigenvalue weighted by molar-refractivity contribution is -0.0481. The predicted molar refractivity (Wildman–Crippen MR) is 68.7 cm³/mol. The van der Waals surface area contributed by atoms with Gasteiger partial charge >= 0.3 is 6.09 Å². The number of ether oxygens (including phenoxy) is 1. The number of nitrogens with zero attached hydrogens (tertiary/aromatic N) is 2. The van der Waals surface area contributed by atoms with E-state index in [2.05, 4.69) is 0 Å². The van der Waals surface area contributed by atoms with Crippen LogP contribution in [0.15, 0.2) is 0 Å². The van der Waals surface area contributed by atoms with E-state index in [1.54, 1.807) is 25.7 Å². The van der Waals surface area contributed by atoms with Gasteiger partial charge in [-0.2, -0.15) is 0 Å². The summed E-state index contributed by atoms with van der Waals surface area (Å²) in [6, 6.07) is -1.55. The number of rotatable bonds is 2. The maximum Gasteiger partial charge on any atom is 0.410 e. The van der Waals surface area contributed by atoms with Crippen LogP contribution in [0.5, 0.6) is 0 Å². The molecule has 0 aromatic carbocycles. The minimum atomic E-state index is -2.97. The minimum absolute atomic E-state index is 0.161. The van der Waals surface area contributed by atoms with Gasteiger partial charge in [-0.3, -0.25) is 9.80 Å². The number of alkyl halides is 2. The number of likely N-dealkylation sites (tertiary alicyclic amines) is 2. The Morgan fingerprint density at radius 3 is 2.65 bits per heavy atom. The van der Waals surface area contributed by atoms with Gasteiger partial charge in [0.1, 0.15) is 5.60 Å². The first kappa shape index (κ1) is 15.4. The Hall–Kier alpha value is -0.950. The molecule has 0 saturated carbocycles. The zero-order valence-corrected chi connectivity index (χ0v) is 12.1. The highest BCUT2D eigenvalue weighted by molar-refractivity contribution is 5.69. The van der Waals surface area contributed by atoms with Crippen molar-refractivity contribution in [2.24, 2.45) is 0 Å². The van der Waals surface area contributed by atoms with Crippen LogP contribution in [0.2, 0.25) is 0 Å². The fourth-order valence-electron chi connectivity index (χ4n) is 3.05. The van der Waals surface area contributed by atoms with Crippen LogP contribution in [-0.2, 0) is 4.74 Å². The molecule has 2 fully saturated rings. The number of β-amino-alcohol motifs (C(OH)–C–C–N with tert-alkyl or cyclic N) is 1. The van der Waals surface area contributed by atoms with Crippen LogP contribution in [0.4, 0.5) is 13.6 Å². The Bertz CT molecular complexity index is 384. The first-order valence-corrected chi connectivity index (χ1v) is 6.88. The molecule has 2 aliphatic heterocycles. The minimum Gasteiger partial charge on any atom is -0.444 e. The molecular weight excluding hydrogens is 270 g/mol. The highest BCUT2D eigenvalue weighted by atomic mass is 19.3. The molecule has 2 aliphatic rings. The highest BCUT2D eigenvalue weighted by Crippen LogP contribution is 2.41. The van der Waals surface area contributed by atoms with Gasteiger partial charge in [0.15, 0.2) is 0 Å². The molecule has 20 heavy (non-hydrogen) atoms. The van der Waals surface area contributed by atoms with Gasteiger partial charge in [-0.1, -0.05) is 0 Å². The summed E-state index contributed by atoms with van der Waals surface area (Å²) in [6.07, 6.45) is -0.199. The quantitative estimate of drug-likeness (QED) is 0.834. The predicted octanol–water partition coefficient (Wildman–Crippen LogP) is 1.31. The molecule has 0 bridgehead atoms. The van der Waals surface area contributed by atoms with Gasteiger partial charge in [-0.05, 0) is 27.2 Å². The first-order valence-electron chi connectivity index (χ1n) is 6.88. The molecular formula is C13H22F2N2O3. The number of aliphatic hydroxyl groups excluding tert-OH is 1. The van der Waals surface area contributed by atoms with Crippen LogP contribution in [0, 0.1) is 0 Å². The van der Waals surface area contributed by atoms with Gasteiger partial charge in [-0.25, -0.2) is 13.6 Å². The molecule has 2 heterocycles. The zero-order valence-electron chi connectivity index (χ0n) is 12.1. The lowest BCUT2D eigenvalue weighted by Gasteiger charge is -2.27. The van der Waals surface area contributed by atoms with Gasteiger partial charge in [0.05, 0.1) is 25.2 Å². The lowest BCUT2D eigenvalue weighted by atomic mass is 10.1. The lowest BCUT2D eigenvalue weighted by Crippen LogP contribution is -2.46. The van der Waals surface area contributed by atoms with E-state index >= 15 is 0 Å². The van der Waals surface area contributed by atoms with Crippen LogP contribution in [-0.4, -0.2) is 70.8 Å². The Kier molecular flexibility index (Phi) is 3.94. The fourth-order valence-corrected chi connectivity index (χ4v) is 3.05. The van der Waals surface area contributed by atoms with E-state index < -0.39 is 36.2 Å². The third-order valence-electron chi connectivity index (χ3n) is 3.70. The molecule has 0 aromatic rings. The summed E-state index contributed by atoms with van der Waals surface area (Å²) >= 11 is 0. The van der Waals surface area contributed by atoms with Crippen LogP contribution in [0.25, 0.3) is 0 Å². The Labute approximate surface area is 117 Å². The third-order valence-corrected chi connectivity index (χ3v) is 3.70. The molecule has 5 nitrogen and oxygen atoms in total. The highest BCUT2D eigenvalue weighted by Gasteiger charge is 2.61. The van der Waals surface area contributed by atoms with Gasteiger partial charge in [0.25, 0.3) is 5.92 Å². The summed E-state index contributed by atoms with van der Waals surface area (Å²) in [5.41, 5.74) is -0.701. The molecule has 0 aromatic heterocycles. The molecule has 0 radical (unpaired) electrons. The topological polar surface area (TPSA) is 53.0 Å². The standard InChI is InChI=1S/C13H22F2N2O3/c1-12(2,3)20-11(19)17-8-13(14,15)10-9(17)4-5-16(10)6-7-18/h9-10,18H,4-8H2,1-3H3/t9-,10+/m0/s1. The van der Waals surface area contributed by atoms with Crippen molar-refractivity contribution in [1.29, 1.82) is 0 Å². The molecule has 1 N–H and O–H groups in total. The van der Waals surface area contributed by atoms with Gasteiger partial charge in [-0.15, -0.1) is 0 Å². The van der Waals surface area contributed by atoms with Gasteiger partial charge in [0, 0.05) is 13.1 Å². The summed E-state index contributed by atoms with van der Waals surface area (Å²) in [5.74, 6) is -2.97. The molecule has 0 unspecified atom stereocenters. The summed E-state index contributed by atoms with van der Waals surface area (Å²) in [6.45, 7) is 5.03. The van der Waals surface area contributed by atoms with E-state index in [-0.39, 0.29) is 13.2 Å². The van der Waals surface area contributed by atoms with E-state index in [1.165, 1.54) is 0 Å². The van der Waals surface area contributed by atoms with Crippen molar-refractivity contribution in [2.45, 2.75) is 50.8 Å². The molecule has 2 rings (SSSR count). The fraction of sp³-hybridized carbons (Fsp3) is 0.923. The van der Waals surface area contributed by atoms with E-state index in [4.69, 9.17) is 9.84 Å². The van der Waals surface area contributed by atoms with E-state index in [0.717, 1.165) is 4.90 Å². The van der Waals surface area contributed by atoms with E-state index in [1.807, 2.05) is 0 Å². The van der Waals surface area contributed by atoms with Crippen molar-refractivity contribution in [3.63, 3.8) is 0 Å². The Balaban J connectivity index is 2.13. The number of amides is 1. The van der Waals surface area contributed by atoms with Crippen molar-refractivity contribution in [3.05, 3.63) is 0 Å². The van der Waals surface area contributed by atoms with E-state index in [9.17, 15) is 13.6 Å². The second kappa shape index (κ2) is 5.11. The molecule has 0 spiro atoms. The summed E-state index contributed by atoms with van der Waals surface area (Å²) in [4.78, 5) is 14.8. The summed E-state index contributed by atoms with van der Waals surface area (Å²) < 4.78 is 33.5. The molecule has 116 valence electrons. The number of aliphatic hydroxyl groups is 1. The summed E-state index contributed by atoms with van der Waals surface area (Å²) in [7, 11) is 0. The SMILES string of the molecule is CC(C)(C)OC(=O)N1CC(F)(F)[C@H]2[C@@H]1CCN2CCO. The van der Waals surface area contributed by atoms with Crippen molar-refractivity contribution >= 4 is 6.09 Å². The maximum atomic E-state index is 14.1. The van der Waals surface area contributed by atoms with Crippen molar-refractivity contribution < 1.29 is 23.4 Å². The van der Waals surface area contributed by atoms with Crippen molar-refractivity contribution in [3.8, 4) is 0 Å². The molecule has 2 saturated heterocycles. The smallest absolute Gasteiger partial charge is 0.410 e. The number of carbonyl (C=O) groups excluding carboxylic acids is 1. The van der Waals surface area contributed by atoms with Crippen LogP contribution < -0.4 is 0 Å². The average molecular weight is 292 g/mol. The molecule has 2 atom stereocenters. The molecule has 7 heteroatoms. The molecule has 1 amide bonds. The second-order valence-corrected chi connectivity index (χ2v) is 6.43. The number of fused-ring (bicyclic) bond motifs is 1. The number of halogens is 2. The maximum absolute atomic E-state index is 14.1. The molecule has 0 aliphatic carbocycles. The first-order chi connectivity index (χ1) is 9.15. The largest absolute Gasteiger partial charge is 0.444 e. The normalized spacial score (nSPS) is 29.6. The monoisotopic (exact) mass is 292 g/mol. The number of hydrogen-bond donors (Lipinski definition) is 1. The van der Waals surface area contributed by atoms with Gasteiger partial charge in [0.2, 0.25) is 0 Å². The Morgan fingerprint density at radius 1 is 1.45 bits per heavy atom.